The van der Waals surface area contributed by atoms with E-state index in [-0.39, 0.29) is 5.91 Å². The number of carbonyl (C=O) groups is 1. The number of hydrogen-bond donors (Lipinski definition) is 1. The number of carbonyl (C=O) groups excluding carboxylic acids is 1. The van der Waals surface area contributed by atoms with Gasteiger partial charge >= 0.3 is 0 Å². The van der Waals surface area contributed by atoms with E-state index in [0.717, 1.165) is 28.7 Å². The van der Waals surface area contributed by atoms with E-state index in [0.29, 0.717) is 17.2 Å². The second kappa shape index (κ2) is 6.29. The number of nitrogens with zero attached hydrogens (tertiary/aromatic N) is 3. The van der Waals surface area contributed by atoms with Gasteiger partial charge in [0.15, 0.2) is 0 Å². The predicted octanol–water partition coefficient (Wildman–Crippen LogP) is 4.39. The summed E-state index contributed by atoms with van der Waals surface area (Å²) in [6, 6.07) is 9.77. The second-order valence-corrected chi connectivity index (χ2v) is 6.93. The van der Waals surface area contributed by atoms with E-state index in [1.54, 1.807) is 6.07 Å². The zero-order valence-corrected chi connectivity index (χ0v) is 15.0. The number of anilines is 1. The van der Waals surface area contributed by atoms with Gasteiger partial charge in [0.1, 0.15) is 0 Å². The Bertz CT molecular complexity index is 1110. The predicted molar refractivity (Wildman–Crippen MR) is 101 cm³/mol. The molecule has 0 unspecified atom stereocenters. The quantitative estimate of drug-likeness (QED) is 0.593. The number of fused-ring (bicyclic) bond motifs is 2. The Morgan fingerprint density at radius 3 is 2.92 bits per heavy atom. The number of aromatic nitrogens is 3. The Balaban J connectivity index is 1.59. The third kappa shape index (κ3) is 2.94. The van der Waals surface area contributed by atoms with Crippen molar-refractivity contribution in [1.82, 2.24) is 14.7 Å². The molecular formula is C20H20N4O2. The summed E-state index contributed by atoms with van der Waals surface area (Å²) < 4.78 is 7.32. The fraction of sp³-hybridized carbons (Fsp3) is 0.250. The van der Waals surface area contributed by atoms with Gasteiger partial charge in [0, 0.05) is 35.5 Å². The average molecular weight is 348 g/mol. The van der Waals surface area contributed by atoms with Gasteiger partial charge in [0.05, 0.1) is 16.6 Å². The van der Waals surface area contributed by atoms with Crippen LogP contribution in [0, 0.1) is 12.8 Å². The molecule has 26 heavy (non-hydrogen) atoms. The molecule has 0 spiro atoms. The highest BCUT2D eigenvalue weighted by Gasteiger charge is 2.12. The number of hydrogen-bond acceptors (Lipinski definition) is 4. The van der Waals surface area contributed by atoms with Crippen LogP contribution in [0.4, 0.5) is 5.69 Å². The molecule has 4 rings (SSSR count). The first kappa shape index (κ1) is 16.3. The standard InChI is InChI=1S/C20H20N4O2/c1-12(2)11-24-7-6-14-8-16(4-5-18(14)24)22-19(25)15-9-17-13(3)23-26-20(17)21-10-15/h4-10,12H,11H2,1-3H3,(H,22,25). The summed E-state index contributed by atoms with van der Waals surface area (Å²) in [4.78, 5) is 16.7. The van der Waals surface area contributed by atoms with Gasteiger partial charge in [-0.3, -0.25) is 4.79 Å². The largest absolute Gasteiger partial charge is 0.347 e. The molecule has 0 aliphatic carbocycles. The molecule has 3 aromatic heterocycles. The zero-order chi connectivity index (χ0) is 18.3. The minimum Gasteiger partial charge on any atom is -0.347 e. The molecule has 0 aliphatic heterocycles. The smallest absolute Gasteiger partial charge is 0.257 e. The molecule has 1 aromatic carbocycles. The lowest BCUT2D eigenvalue weighted by Gasteiger charge is -2.09. The van der Waals surface area contributed by atoms with E-state index >= 15 is 0 Å². The van der Waals surface area contributed by atoms with E-state index in [9.17, 15) is 4.79 Å². The maximum atomic E-state index is 12.6. The summed E-state index contributed by atoms with van der Waals surface area (Å²) in [6.45, 7) is 7.19. The van der Waals surface area contributed by atoms with E-state index < -0.39 is 0 Å². The number of nitrogens with one attached hydrogen (secondary N) is 1. The van der Waals surface area contributed by atoms with Crippen LogP contribution in [0.3, 0.4) is 0 Å². The van der Waals surface area contributed by atoms with Crippen LogP contribution in [0.1, 0.15) is 29.9 Å². The van der Waals surface area contributed by atoms with Crippen molar-refractivity contribution in [3.63, 3.8) is 0 Å². The van der Waals surface area contributed by atoms with E-state index in [1.165, 1.54) is 11.7 Å². The van der Waals surface area contributed by atoms with Crippen LogP contribution in [0.5, 0.6) is 0 Å². The fourth-order valence-corrected chi connectivity index (χ4v) is 3.10. The Labute approximate surface area is 150 Å². The SMILES string of the molecule is Cc1noc2ncc(C(=O)Nc3ccc4c(ccn4CC(C)C)c3)cc12. The molecule has 3 heterocycles. The Kier molecular flexibility index (Phi) is 3.95. The highest BCUT2D eigenvalue weighted by Crippen LogP contribution is 2.23. The zero-order valence-electron chi connectivity index (χ0n) is 15.0. The van der Waals surface area contributed by atoms with Crippen LogP contribution >= 0.6 is 0 Å². The second-order valence-electron chi connectivity index (χ2n) is 6.93. The molecule has 6 nitrogen and oxygen atoms in total. The lowest BCUT2D eigenvalue weighted by molar-refractivity contribution is 0.102. The molecule has 132 valence electrons. The van der Waals surface area contributed by atoms with Crippen molar-refractivity contribution in [2.45, 2.75) is 27.3 Å². The van der Waals surface area contributed by atoms with Gasteiger partial charge in [-0.05, 0) is 43.2 Å². The van der Waals surface area contributed by atoms with Crippen molar-refractivity contribution in [2.75, 3.05) is 5.32 Å². The van der Waals surface area contributed by atoms with E-state index in [2.05, 4.69) is 46.1 Å². The first-order valence-electron chi connectivity index (χ1n) is 8.63. The number of amides is 1. The number of rotatable bonds is 4. The lowest BCUT2D eigenvalue weighted by atomic mass is 10.2. The summed E-state index contributed by atoms with van der Waals surface area (Å²) in [6.07, 6.45) is 3.59. The van der Waals surface area contributed by atoms with E-state index in [4.69, 9.17) is 4.52 Å². The molecule has 0 aliphatic rings. The molecule has 0 fully saturated rings. The normalized spacial score (nSPS) is 11.5. The molecule has 0 bridgehead atoms. The summed E-state index contributed by atoms with van der Waals surface area (Å²) in [7, 11) is 0. The van der Waals surface area contributed by atoms with Crippen LogP contribution < -0.4 is 5.32 Å². The third-order valence-electron chi connectivity index (χ3n) is 4.36. The van der Waals surface area contributed by atoms with E-state index in [1.807, 2.05) is 25.1 Å². The molecule has 1 N–H and O–H groups in total. The molecule has 0 saturated heterocycles. The first-order valence-corrected chi connectivity index (χ1v) is 8.63. The molecule has 0 atom stereocenters. The first-order chi connectivity index (χ1) is 12.5. The summed E-state index contributed by atoms with van der Waals surface area (Å²) in [5, 5.41) is 8.66. The van der Waals surface area contributed by atoms with Crippen LogP contribution in [0.2, 0.25) is 0 Å². The molecule has 0 radical (unpaired) electrons. The monoisotopic (exact) mass is 348 g/mol. The Morgan fingerprint density at radius 2 is 2.12 bits per heavy atom. The van der Waals surface area contributed by atoms with Gasteiger partial charge in [0.2, 0.25) is 0 Å². The lowest BCUT2D eigenvalue weighted by Crippen LogP contribution is -2.12. The molecule has 0 saturated carbocycles. The van der Waals surface area contributed by atoms with Crippen LogP contribution in [0.25, 0.3) is 22.0 Å². The highest BCUT2D eigenvalue weighted by atomic mass is 16.5. The molecule has 4 aromatic rings. The minimum absolute atomic E-state index is 0.207. The Morgan fingerprint density at radius 1 is 1.27 bits per heavy atom. The van der Waals surface area contributed by atoms with Crippen LogP contribution in [-0.4, -0.2) is 20.6 Å². The fourth-order valence-electron chi connectivity index (χ4n) is 3.10. The van der Waals surface area contributed by atoms with Gasteiger partial charge < -0.3 is 14.4 Å². The molecular weight excluding hydrogens is 328 g/mol. The number of benzene rings is 1. The summed E-state index contributed by atoms with van der Waals surface area (Å²) in [5.41, 5.74) is 3.55. The minimum atomic E-state index is -0.207. The van der Waals surface area contributed by atoms with Crippen molar-refractivity contribution in [1.29, 1.82) is 0 Å². The molecule has 1 amide bonds. The summed E-state index contributed by atoms with van der Waals surface area (Å²) >= 11 is 0. The Hall–Kier alpha value is -3.15. The third-order valence-corrected chi connectivity index (χ3v) is 4.36. The average Bonchev–Trinajstić information content (AvgIpc) is 3.18. The van der Waals surface area contributed by atoms with Gasteiger partial charge in [-0.15, -0.1) is 0 Å². The number of aryl methyl sites for hydroxylation is 1. The maximum Gasteiger partial charge on any atom is 0.257 e. The van der Waals surface area contributed by atoms with Crippen LogP contribution in [-0.2, 0) is 6.54 Å². The van der Waals surface area contributed by atoms with Crippen molar-refractivity contribution in [2.24, 2.45) is 5.92 Å². The van der Waals surface area contributed by atoms with Crippen molar-refractivity contribution in [3.05, 3.63) is 54.0 Å². The number of pyridine rings is 1. The van der Waals surface area contributed by atoms with Gasteiger partial charge in [-0.25, -0.2) is 4.98 Å². The van der Waals surface area contributed by atoms with Gasteiger partial charge in [-0.1, -0.05) is 19.0 Å². The van der Waals surface area contributed by atoms with Gasteiger partial charge in [-0.2, -0.15) is 0 Å². The van der Waals surface area contributed by atoms with Gasteiger partial charge in [0.25, 0.3) is 11.6 Å². The topological polar surface area (TPSA) is 72.9 Å². The highest BCUT2D eigenvalue weighted by molar-refractivity contribution is 6.06. The van der Waals surface area contributed by atoms with Crippen LogP contribution in [0.15, 0.2) is 47.2 Å². The maximum absolute atomic E-state index is 12.6. The van der Waals surface area contributed by atoms with Crippen molar-refractivity contribution in [3.8, 4) is 0 Å². The summed E-state index contributed by atoms with van der Waals surface area (Å²) in [5.74, 6) is 0.370. The molecule has 6 heteroatoms. The van der Waals surface area contributed by atoms with Crippen molar-refractivity contribution >= 4 is 33.6 Å². The van der Waals surface area contributed by atoms with Crippen molar-refractivity contribution < 1.29 is 9.32 Å².